The molecule has 3 rings (SSSR count). The van der Waals surface area contributed by atoms with Gasteiger partial charge in [-0.25, -0.2) is 9.37 Å². The number of rotatable bonds is 2. The first-order valence-electron chi connectivity index (χ1n) is 5.84. The van der Waals surface area contributed by atoms with Crippen LogP contribution in [0.4, 0.5) is 4.39 Å². The summed E-state index contributed by atoms with van der Waals surface area (Å²) < 4.78 is 14.6. The van der Waals surface area contributed by atoms with Crippen LogP contribution >= 0.6 is 27.3 Å². The fourth-order valence-corrected chi connectivity index (χ4v) is 3.06. The first-order valence-corrected chi connectivity index (χ1v) is 7.52. The van der Waals surface area contributed by atoms with Crippen LogP contribution in [-0.2, 0) is 0 Å². The van der Waals surface area contributed by atoms with Crippen LogP contribution in [0, 0.1) is 5.82 Å². The van der Waals surface area contributed by atoms with Crippen LogP contribution in [0.1, 0.15) is 0 Å². The number of hydrogen-bond donors (Lipinski definition) is 1. The van der Waals surface area contributed by atoms with Gasteiger partial charge in [-0.15, -0.1) is 11.3 Å². The van der Waals surface area contributed by atoms with Crippen molar-refractivity contribution in [2.75, 3.05) is 0 Å². The van der Waals surface area contributed by atoms with E-state index in [0.29, 0.717) is 26.3 Å². The van der Waals surface area contributed by atoms with E-state index in [1.54, 1.807) is 35.7 Å². The zero-order chi connectivity index (χ0) is 14.1. The molecule has 0 radical (unpaired) electrons. The molecule has 1 heterocycles. The van der Waals surface area contributed by atoms with Gasteiger partial charge in [-0.2, -0.15) is 0 Å². The number of phenols is 1. The minimum absolute atomic E-state index is 0.171. The van der Waals surface area contributed by atoms with Gasteiger partial charge < -0.3 is 5.11 Å². The zero-order valence-electron chi connectivity index (χ0n) is 10.2. The Morgan fingerprint density at radius 3 is 2.65 bits per heavy atom. The number of benzene rings is 2. The van der Waals surface area contributed by atoms with Crippen molar-refractivity contribution in [2.45, 2.75) is 0 Å². The van der Waals surface area contributed by atoms with Gasteiger partial charge in [0.1, 0.15) is 16.6 Å². The molecule has 0 unspecified atom stereocenters. The van der Waals surface area contributed by atoms with Crippen LogP contribution in [0.25, 0.3) is 21.8 Å². The average Bonchev–Trinajstić information content (AvgIpc) is 2.88. The number of para-hydroxylation sites is 1. The minimum atomic E-state index is -0.325. The second-order valence-corrected chi connectivity index (χ2v) is 5.95. The number of hydrogen-bond acceptors (Lipinski definition) is 3. The van der Waals surface area contributed by atoms with E-state index in [4.69, 9.17) is 0 Å². The topological polar surface area (TPSA) is 33.1 Å². The van der Waals surface area contributed by atoms with Crippen molar-refractivity contribution in [3.05, 3.63) is 58.1 Å². The molecule has 2 aromatic carbocycles. The summed E-state index contributed by atoms with van der Waals surface area (Å²) in [6, 6.07) is 11.8. The molecule has 5 heteroatoms. The molecule has 20 heavy (non-hydrogen) atoms. The van der Waals surface area contributed by atoms with Gasteiger partial charge in [0, 0.05) is 15.4 Å². The molecule has 2 nitrogen and oxygen atoms in total. The Balaban J connectivity index is 2.04. The van der Waals surface area contributed by atoms with Gasteiger partial charge in [-0.3, -0.25) is 0 Å². The van der Waals surface area contributed by atoms with E-state index in [0.717, 1.165) is 0 Å². The molecule has 0 saturated carbocycles. The maximum absolute atomic E-state index is 13.9. The highest BCUT2D eigenvalue weighted by Gasteiger charge is 2.12. The van der Waals surface area contributed by atoms with Crippen LogP contribution in [0.5, 0.6) is 5.75 Å². The third-order valence-electron chi connectivity index (χ3n) is 2.85. The smallest absolute Gasteiger partial charge is 0.133 e. The molecule has 0 fully saturated rings. The van der Waals surface area contributed by atoms with Crippen molar-refractivity contribution in [1.82, 2.24) is 4.98 Å². The summed E-state index contributed by atoms with van der Waals surface area (Å²) >= 11 is 4.60. The monoisotopic (exact) mass is 349 g/mol. The van der Waals surface area contributed by atoms with Crippen LogP contribution in [0.2, 0.25) is 0 Å². The molecule has 0 aliphatic heterocycles. The third-order valence-corrected chi connectivity index (χ3v) is 4.21. The summed E-state index contributed by atoms with van der Waals surface area (Å²) in [5, 5.41) is 12.3. The van der Waals surface area contributed by atoms with Gasteiger partial charge in [0.2, 0.25) is 0 Å². The zero-order valence-corrected chi connectivity index (χ0v) is 12.6. The molecule has 0 bridgehead atoms. The van der Waals surface area contributed by atoms with Crippen molar-refractivity contribution >= 4 is 27.3 Å². The second-order valence-electron chi connectivity index (χ2n) is 4.18. The second kappa shape index (κ2) is 5.34. The number of aromatic hydroxyl groups is 1. The van der Waals surface area contributed by atoms with E-state index in [-0.39, 0.29) is 11.6 Å². The average molecular weight is 350 g/mol. The third kappa shape index (κ3) is 2.46. The Morgan fingerprint density at radius 1 is 1.10 bits per heavy atom. The standard InChI is InChI=1S/C15H9BrFNOS/c16-9-5-6-10(12(17)7-9)13-8-20-15(18-13)11-3-1-2-4-14(11)19/h1-8,19H. The Bertz CT molecular complexity index is 772. The van der Waals surface area contributed by atoms with Crippen LogP contribution in [0.3, 0.4) is 0 Å². The van der Waals surface area contributed by atoms with Crippen molar-refractivity contribution in [3.8, 4) is 27.6 Å². The van der Waals surface area contributed by atoms with E-state index in [9.17, 15) is 9.50 Å². The fourth-order valence-electron chi connectivity index (χ4n) is 1.87. The van der Waals surface area contributed by atoms with Gasteiger partial charge in [0.05, 0.1) is 11.3 Å². The van der Waals surface area contributed by atoms with Crippen LogP contribution in [-0.4, -0.2) is 10.1 Å². The van der Waals surface area contributed by atoms with Crippen molar-refractivity contribution in [1.29, 1.82) is 0 Å². The molecule has 0 aliphatic carbocycles. The Morgan fingerprint density at radius 2 is 1.90 bits per heavy atom. The summed E-state index contributed by atoms with van der Waals surface area (Å²) in [6.07, 6.45) is 0. The molecule has 100 valence electrons. The Kier molecular flexibility index (Phi) is 3.54. The maximum atomic E-state index is 13.9. The summed E-state index contributed by atoms with van der Waals surface area (Å²) in [7, 11) is 0. The van der Waals surface area contributed by atoms with E-state index >= 15 is 0 Å². The molecule has 0 atom stereocenters. The van der Waals surface area contributed by atoms with E-state index in [1.165, 1.54) is 17.4 Å². The lowest BCUT2D eigenvalue weighted by atomic mass is 10.1. The Hall–Kier alpha value is -1.72. The highest BCUT2D eigenvalue weighted by Crippen LogP contribution is 2.34. The molecule has 3 aromatic rings. The summed E-state index contributed by atoms with van der Waals surface area (Å²) in [6.45, 7) is 0. The summed E-state index contributed by atoms with van der Waals surface area (Å²) in [4.78, 5) is 4.41. The lowest BCUT2D eigenvalue weighted by Crippen LogP contribution is -1.85. The number of aromatic nitrogens is 1. The molecule has 0 amide bonds. The molecule has 0 aliphatic rings. The first kappa shape index (κ1) is 13.3. The van der Waals surface area contributed by atoms with Gasteiger partial charge in [-0.1, -0.05) is 28.1 Å². The molecule has 1 aromatic heterocycles. The molecular formula is C15H9BrFNOS. The number of phenolic OH excluding ortho intramolecular Hbond substituents is 1. The number of halogens is 2. The van der Waals surface area contributed by atoms with Crippen molar-refractivity contribution in [3.63, 3.8) is 0 Å². The highest BCUT2D eigenvalue weighted by molar-refractivity contribution is 9.10. The largest absolute Gasteiger partial charge is 0.507 e. The molecular weight excluding hydrogens is 341 g/mol. The van der Waals surface area contributed by atoms with Crippen molar-refractivity contribution in [2.24, 2.45) is 0 Å². The SMILES string of the molecule is Oc1ccccc1-c1nc(-c2ccc(Br)cc2F)cs1. The molecule has 0 saturated heterocycles. The van der Waals surface area contributed by atoms with Gasteiger partial charge in [0.15, 0.2) is 0 Å². The highest BCUT2D eigenvalue weighted by atomic mass is 79.9. The fraction of sp³-hybridized carbons (Fsp3) is 0. The number of thiazole rings is 1. The predicted octanol–water partition coefficient (Wildman–Crippen LogP) is 5.08. The number of nitrogens with zero attached hydrogens (tertiary/aromatic N) is 1. The molecule has 1 N–H and O–H groups in total. The first-order chi connectivity index (χ1) is 9.65. The van der Waals surface area contributed by atoms with Gasteiger partial charge >= 0.3 is 0 Å². The predicted molar refractivity (Wildman–Crippen MR) is 82.3 cm³/mol. The minimum Gasteiger partial charge on any atom is -0.507 e. The summed E-state index contributed by atoms with van der Waals surface area (Å²) in [5.74, 6) is -0.154. The van der Waals surface area contributed by atoms with E-state index < -0.39 is 0 Å². The molecule has 0 spiro atoms. The van der Waals surface area contributed by atoms with E-state index in [1.807, 2.05) is 6.07 Å². The quantitative estimate of drug-likeness (QED) is 0.699. The van der Waals surface area contributed by atoms with Gasteiger partial charge in [-0.05, 0) is 30.3 Å². The maximum Gasteiger partial charge on any atom is 0.133 e. The van der Waals surface area contributed by atoms with Crippen LogP contribution < -0.4 is 0 Å². The lowest BCUT2D eigenvalue weighted by Gasteiger charge is -2.01. The summed E-state index contributed by atoms with van der Waals surface area (Å²) in [5.41, 5.74) is 1.67. The van der Waals surface area contributed by atoms with E-state index in [2.05, 4.69) is 20.9 Å². The normalized spacial score (nSPS) is 10.7. The van der Waals surface area contributed by atoms with Crippen LogP contribution in [0.15, 0.2) is 52.3 Å². The lowest BCUT2D eigenvalue weighted by molar-refractivity contribution is 0.477. The van der Waals surface area contributed by atoms with Gasteiger partial charge in [0.25, 0.3) is 0 Å². The van der Waals surface area contributed by atoms with Crippen molar-refractivity contribution < 1.29 is 9.50 Å². The Labute approximate surface area is 127 Å².